The Bertz CT molecular complexity index is 1350. The Kier molecular flexibility index (Phi) is 8.19. The highest BCUT2D eigenvalue weighted by atomic mass is 16.6. The van der Waals surface area contributed by atoms with E-state index in [0.29, 0.717) is 16.7 Å². The highest BCUT2D eigenvalue weighted by molar-refractivity contribution is 5.33. The number of benzene rings is 4. The van der Waals surface area contributed by atoms with Crippen molar-refractivity contribution in [2.24, 2.45) is 0 Å². The zero-order valence-electron chi connectivity index (χ0n) is 22.3. The fourth-order valence-electron chi connectivity index (χ4n) is 6.04. The summed E-state index contributed by atoms with van der Waals surface area (Å²) in [6.07, 6.45) is -5.09. The lowest BCUT2D eigenvalue weighted by Crippen LogP contribution is -2.83. The fourth-order valence-corrected chi connectivity index (χ4v) is 6.04. The number of hydrogen-bond acceptors (Lipinski definition) is 6. The standard InChI is InChI=1S/C34H36O6/c35-29(21-25-13-5-1-6-14-25)30-32(37,22-26-15-7-2-8-16-26)34(39,24-28-19-11-4-12-20-28)33(38,31(36)40-30)23-27-17-9-3-10-18-27/h1-20,29-31,35-39H,21-24H2/t29?,30-,31+,32-,33+,34+/m1/s1. The highest BCUT2D eigenvalue weighted by Crippen LogP contribution is 2.50. The van der Waals surface area contributed by atoms with Gasteiger partial charge < -0.3 is 30.3 Å². The maximum absolute atomic E-state index is 12.8. The van der Waals surface area contributed by atoms with Gasteiger partial charge >= 0.3 is 0 Å². The summed E-state index contributed by atoms with van der Waals surface area (Å²) >= 11 is 0. The average Bonchev–Trinajstić information content (AvgIpc) is 2.97. The van der Waals surface area contributed by atoms with Gasteiger partial charge in [0.1, 0.15) is 17.3 Å². The lowest BCUT2D eigenvalue weighted by atomic mass is 9.59. The van der Waals surface area contributed by atoms with E-state index in [0.717, 1.165) is 5.56 Å². The van der Waals surface area contributed by atoms with Crippen molar-refractivity contribution in [3.8, 4) is 0 Å². The molecule has 1 saturated heterocycles. The molecule has 0 spiro atoms. The van der Waals surface area contributed by atoms with Gasteiger partial charge in [-0.25, -0.2) is 0 Å². The smallest absolute Gasteiger partial charge is 0.187 e. The van der Waals surface area contributed by atoms with E-state index in [4.69, 9.17) is 4.74 Å². The fraction of sp³-hybridized carbons (Fsp3) is 0.294. The minimum absolute atomic E-state index is 0.105. The molecule has 4 aromatic rings. The van der Waals surface area contributed by atoms with Crippen molar-refractivity contribution in [2.75, 3.05) is 0 Å². The number of aliphatic hydroxyl groups excluding tert-OH is 2. The van der Waals surface area contributed by atoms with Gasteiger partial charge in [-0.05, 0) is 22.3 Å². The molecule has 5 N–H and O–H groups in total. The molecule has 0 radical (unpaired) electrons. The van der Waals surface area contributed by atoms with Crippen LogP contribution in [0.15, 0.2) is 121 Å². The van der Waals surface area contributed by atoms with Crippen LogP contribution in [0.25, 0.3) is 0 Å². The summed E-state index contributed by atoms with van der Waals surface area (Å²) in [4.78, 5) is 0. The molecular weight excluding hydrogens is 504 g/mol. The van der Waals surface area contributed by atoms with E-state index in [1.54, 1.807) is 36.4 Å². The van der Waals surface area contributed by atoms with Gasteiger partial charge in [0.25, 0.3) is 0 Å². The Morgan fingerprint density at radius 2 is 0.925 bits per heavy atom. The minimum Gasteiger partial charge on any atom is -0.390 e. The van der Waals surface area contributed by atoms with E-state index in [1.807, 2.05) is 84.9 Å². The van der Waals surface area contributed by atoms with Crippen molar-refractivity contribution in [3.63, 3.8) is 0 Å². The first kappa shape index (κ1) is 28.2. The van der Waals surface area contributed by atoms with Crippen molar-refractivity contribution in [3.05, 3.63) is 144 Å². The summed E-state index contributed by atoms with van der Waals surface area (Å²) < 4.78 is 5.97. The second-order valence-corrected chi connectivity index (χ2v) is 10.9. The monoisotopic (exact) mass is 540 g/mol. The second-order valence-electron chi connectivity index (χ2n) is 10.9. The lowest BCUT2D eigenvalue weighted by Gasteiger charge is -2.61. The molecule has 208 valence electrons. The van der Waals surface area contributed by atoms with Gasteiger partial charge in [-0.3, -0.25) is 0 Å². The molecule has 6 heteroatoms. The molecule has 0 bridgehead atoms. The lowest BCUT2D eigenvalue weighted by molar-refractivity contribution is -0.401. The number of aliphatic hydroxyl groups is 5. The normalized spacial score (nSPS) is 29.1. The number of ether oxygens (including phenoxy) is 1. The summed E-state index contributed by atoms with van der Waals surface area (Å²) in [5.41, 5.74) is -4.15. The first-order chi connectivity index (χ1) is 19.2. The molecule has 6 nitrogen and oxygen atoms in total. The minimum atomic E-state index is -2.35. The molecule has 1 aliphatic rings. The topological polar surface area (TPSA) is 110 Å². The summed E-state index contributed by atoms with van der Waals surface area (Å²) in [7, 11) is 0. The van der Waals surface area contributed by atoms with Crippen LogP contribution in [0.2, 0.25) is 0 Å². The van der Waals surface area contributed by atoms with Crippen LogP contribution in [0.1, 0.15) is 22.3 Å². The molecule has 4 aromatic carbocycles. The van der Waals surface area contributed by atoms with Gasteiger partial charge in [-0.15, -0.1) is 0 Å². The van der Waals surface area contributed by atoms with Gasteiger partial charge in [0.15, 0.2) is 11.9 Å². The van der Waals surface area contributed by atoms with Crippen molar-refractivity contribution in [1.29, 1.82) is 0 Å². The molecule has 0 aromatic heterocycles. The van der Waals surface area contributed by atoms with E-state index >= 15 is 0 Å². The van der Waals surface area contributed by atoms with Crippen molar-refractivity contribution < 1.29 is 30.3 Å². The molecule has 6 atom stereocenters. The number of hydrogen-bond donors (Lipinski definition) is 5. The Balaban J connectivity index is 1.66. The predicted octanol–water partition coefficient (Wildman–Crippen LogP) is 3.23. The van der Waals surface area contributed by atoms with Crippen LogP contribution in [0, 0.1) is 0 Å². The van der Waals surface area contributed by atoms with E-state index in [-0.39, 0.29) is 25.7 Å². The SMILES string of the molecule is OC(Cc1ccccc1)[C@H]1O[C@H](O)[C@@](O)(Cc2ccccc2)[C@](O)(Cc2ccccc2)[C@@]1(O)Cc1ccccc1. The van der Waals surface area contributed by atoms with Crippen LogP contribution in [0.5, 0.6) is 0 Å². The first-order valence-corrected chi connectivity index (χ1v) is 13.6. The van der Waals surface area contributed by atoms with E-state index in [9.17, 15) is 25.5 Å². The molecule has 40 heavy (non-hydrogen) atoms. The number of rotatable bonds is 9. The van der Waals surface area contributed by atoms with E-state index in [2.05, 4.69) is 0 Å². The summed E-state index contributed by atoms with van der Waals surface area (Å²) in [6.45, 7) is 0. The van der Waals surface area contributed by atoms with Crippen LogP contribution < -0.4 is 0 Å². The van der Waals surface area contributed by atoms with E-state index in [1.165, 1.54) is 0 Å². The van der Waals surface area contributed by atoms with Gasteiger partial charge in [-0.2, -0.15) is 0 Å². The highest BCUT2D eigenvalue weighted by Gasteiger charge is 2.72. The van der Waals surface area contributed by atoms with Gasteiger partial charge in [-0.1, -0.05) is 121 Å². The average molecular weight is 541 g/mol. The van der Waals surface area contributed by atoms with Crippen LogP contribution in [-0.2, 0) is 30.4 Å². The van der Waals surface area contributed by atoms with Crippen LogP contribution in [0.4, 0.5) is 0 Å². The second kappa shape index (κ2) is 11.6. The first-order valence-electron chi connectivity index (χ1n) is 13.6. The maximum atomic E-state index is 12.8. The van der Waals surface area contributed by atoms with Gasteiger partial charge in [0.2, 0.25) is 0 Å². The third kappa shape index (κ3) is 5.34. The van der Waals surface area contributed by atoms with Crippen LogP contribution >= 0.6 is 0 Å². The molecule has 0 amide bonds. The Hall–Kier alpha value is -3.36. The summed E-state index contributed by atoms with van der Waals surface area (Å²) in [5, 5.41) is 60.8. The Morgan fingerprint density at radius 1 is 0.550 bits per heavy atom. The molecule has 5 rings (SSSR count). The van der Waals surface area contributed by atoms with Crippen molar-refractivity contribution >= 4 is 0 Å². The molecule has 0 aliphatic carbocycles. The van der Waals surface area contributed by atoms with Crippen molar-refractivity contribution in [2.45, 2.75) is 61.0 Å². The van der Waals surface area contributed by atoms with E-state index < -0.39 is 35.3 Å². The third-order valence-corrected chi connectivity index (χ3v) is 8.16. The van der Waals surface area contributed by atoms with Gasteiger partial charge in [0, 0.05) is 25.7 Å². The molecule has 0 saturated carbocycles. The van der Waals surface area contributed by atoms with Gasteiger partial charge in [0.05, 0.1) is 6.10 Å². The zero-order valence-corrected chi connectivity index (χ0v) is 22.3. The quantitative estimate of drug-likeness (QED) is 0.223. The maximum Gasteiger partial charge on any atom is 0.187 e. The van der Waals surface area contributed by atoms with Crippen LogP contribution in [0.3, 0.4) is 0 Å². The molecule has 1 unspecified atom stereocenters. The predicted molar refractivity (Wildman–Crippen MR) is 152 cm³/mol. The zero-order chi connectivity index (χ0) is 28.2. The largest absolute Gasteiger partial charge is 0.390 e. The molecular formula is C34H36O6. The van der Waals surface area contributed by atoms with Crippen LogP contribution in [-0.4, -0.2) is 60.8 Å². The Labute approximate surface area is 234 Å². The summed E-state index contributed by atoms with van der Waals surface area (Å²) in [5.74, 6) is 0. The molecule has 1 heterocycles. The molecule has 1 aliphatic heterocycles. The summed E-state index contributed by atoms with van der Waals surface area (Å²) in [6, 6.07) is 36.4. The van der Waals surface area contributed by atoms with Crippen molar-refractivity contribution in [1.82, 2.24) is 0 Å². The third-order valence-electron chi connectivity index (χ3n) is 8.16. The molecule has 1 fully saturated rings. The Morgan fingerprint density at radius 3 is 1.38 bits per heavy atom.